The van der Waals surface area contributed by atoms with E-state index in [4.69, 9.17) is 0 Å². The molecule has 2 heterocycles. The first-order valence-corrected chi connectivity index (χ1v) is 7.20. The summed E-state index contributed by atoms with van der Waals surface area (Å²) in [7, 11) is 0. The first-order chi connectivity index (χ1) is 9.09. The van der Waals surface area contributed by atoms with Gasteiger partial charge in [0.1, 0.15) is 0 Å². The number of hydrogen-bond donors (Lipinski definition) is 0. The Labute approximate surface area is 122 Å². The lowest BCUT2D eigenvalue weighted by Gasteiger charge is -2.21. The zero-order chi connectivity index (χ0) is 15.1. The molecule has 0 N–H and O–H groups in total. The molecule has 0 bridgehead atoms. The fourth-order valence-electron chi connectivity index (χ4n) is 2.51. The number of aryl methyl sites for hydroxylation is 1. The van der Waals surface area contributed by atoms with E-state index in [-0.39, 0.29) is 11.0 Å². The van der Waals surface area contributed by atoms with Gasteiger partial charge in [-0.2, -0.15) is 9.78 Å². The average molecular weight is 275 g/mol. The Morgan fingerprint density at radius 2 is 1.80 bits per heavy atom. The van der Waals surface area contributed by atoms with Gasteiger partial charge in [0.25, 0.3) is 6.67 Å². The van der Waals surface area contributed by atoms with Gasteiger partial charge in [-0.25, -0.2) is 4.68 Å². The van der Waals surface area contributed by atoms with Crippen molar-refractivity contribution in [3.8, 4) is 0 Å². The maximum Gasteiger partial charge on any atom is 0.266 e. The summed E-state index contributed by atoms with van der Waals surface area (Å²) in [6.45, 7) is 16.2. The highest BCUT2D eigenvalue weighted by atomic mass is 15.5. The molecule has 2 aromatic heterocycles. The van der Waals surface area contributed by atoms with Crippen LogP contribution in [-0.2, 0) is 17.6 Å². The molecular weight excluding hydrogens is 248 g/mol. The number of hydrogen-bond acceptors (Lipinski definition) is 1. The van der Waals surface area contributed by atoms with Gasteiger partial charge in [0.2, 0.25) is 6.20 Å². The van der Waals surface area contributed by atoms with E-state index < -0.39 is 0 Å². The van der Waals surface area contributed by atoms with Crippen LogP contribution in [0, 0.1) is 6.92 Å². The predicted molar refractivity (Wildman–Crippen MR) is 80.7 cm³/mol. The van der Waals surface area contributed by atoms with Crippen molar-refractivity contribution in [1.29, 1.82) is 0 Å². The molecule has 4 nitrogen and oxygen atoms in total. The zero-order valence-electron chi connectivity index (χ0n) is 13.8. The average Bonchev–Trinajstić information content (AvgIpc) is 2.83. The third-order valence-electron chi connectivity index (χ3n) is 3.41. The normalized spacial score (nSPS) is 12.9. The molecule has 0 fully saturated rings. The van der Waals surface area contributed by atoms with Crippen molar-refractivity contribution >= 4 is 0 Å². The molecular formula is C16H27N4+. The van der Waals surface area contributed by atoms with Gasteiger partial charge in [-0.3, -0.25) is 0 Å². The minimum absolute atomic E-state index is 0.0588. The molecule has 0 amide bonds. The Bertz CT molecular complexity index is 591. The smallest absolute Gasteiger partial charge is 0.207 e. The van der Waals surface area contributed by atoms with Crippen LogP contribution in [0.5, 0.6) is 0 Å². The summed E-state index contributed by atoms with van der Waals surface area (Å²) in [4.78, 5) is 0. The molecule has 0 radical (unpaired) electrons. The van der Waals surface area contributed by atoms with Gasteiger partial charge in [-0.05, 0) is 33.8 Å². The van der Waals surface area contributed by atoms with E-state index in [0.29, 0.717) is 0 Å². The van der Waals surface area contributed by atoms with Crippen LogP contribution in [0.2, 0.25) is 0 Å². The molecule has 0 spiro atoms. The fourth-order valence-corrected chi connectivity index (χ4v) is 2.51. The van der Waals surface area contributed by atoms with E-state index in [2.05, 4.69) is 86.1 Å². The Hall–Kier alpha value is -1.58. The molecule has 20 heavy (non-hydrogen) atoms. The number of aromatic nitrogens is 4. The van der Waals surface area contributed by atoms with E-state index in [1.165, 1.54) is 11.3 Å². The van der Waals surface area contributed by atoms with Crippen LogP contribution in [0.25, 0.3) is 0 Å². The van der Waals surface area contributed by atoms with Crippen molar-refractivity contribution in [3.63, 3.8) is 0 Å². The maximum absolute atomic E-state index is 4.49. The molecule has 0 aliphatic rings. The third kappa shape index (κ3) is 2.94. The second kappa shape index (κ2) is 4.76. The van der Waals surface area contributed by atoms with Gasteiger partial charge in [-0.1, -0.05) is 25.5 Å². The molecule has 0 unspecified atom stereocenters. The molecule has 0 aromatic carbocycles. The third-order valence-corrected chi connectivity index (χ3v) is 3.41. The quantitative estimate of drug-likeness (QED) is 0.774. The van der Waals surface area contributed by atoms with Crippen molar-refractivity contribution in [1.82, 2.24) is 14.5 Å². The lowest BCUT2D eigenvalue weighted by molar-refractivity contribution is -0.786. The van der Waals surface area contributed by atoms with Gasteiger partial charge in [0, 0.05) is 17.2 Å². The van der Waals surface area contributed by atoms with E-state index >= 15 is 0 Å². The number of nitrogens with zero attached hydrogens (tertiary/aromatic N) is 4. The van der Waals surface area contributed by atoms with Crippen molar-refractivity contribution in [3.05, 3.63) is 35.9 Å². The van der Waals surface area contributed by atoms with Crippen LogP contribution in [0.1, 0.15) is 52.8 Å². The molecule has 110 valence electrons. The van der Waals surface area contributed by atoms with E-state index in [0.717, 1.165) is 6.67 Å². The zero-order valence-corrected chi connectivity index (χ0v) is 13.8. The SMILES string of the molecule is Cc1cn(C(C)(C)C)[n+](Cn2nccc2C(C)(C)C)c1. The Morgan fingerprint density at radius 3 is 2.35 bits per heavy atom. The minimum atomic E-state index is 0.0588. The van der Waals surface area contributed by atoms with Crippen molar-refractivity contribution in [2.75, 3.05) is 0 Å². The highest BCUT2D eigenvalue weighted by molar-refractivity contribution is 5.11. The summed E-state index contributed by atoms with van der Waals surface area (Å²) in [5.74, 6) is 0. The largest absolute Gasteiger partial charge is 0.266 e. The van der Waals surface area contributed by atoms with E-state index in [1.807, 2.05) is 6.20 Å². The highest BCUT2D eigenvalue weighted by Crippen LogP contribution is 2.21. The predicted octanol–water partition coefficient (Wildman–Crippen LogP) is 2.84. The molecule has 4 heteroatoms. The lowest BCUT2D eigenvalue weighted by atomic mass is 9.92. The summed E-state index contributed by atoms with van der Waals surface area (Å²) in [5, 5.41) is 4.49. The molecule has 0 saturated heterocycles. The van der Waals surface area contributed by atoms with Crippen LogP contribution < -0.4 is 4.68 Å². The topological polar surface area (TPSA) is 26.6 Å². The minimum Gasteiger partial charge on any atom is -0.207 e. The molecule has 2 rings (SSSR count). The van der Waals surface area contributed by atoms with Crippen molar-refractivity contribution in [2.45, 2.75) is 66.1 Å². The van der Waals surface area contributed by atoms with Gasteiger partial charge < -0.3 is 0 Å². The Kier molecular flexibility index (Phi) is 3.53. The molecule has 0 atom stereocenters. The van der Waals surface area contributed by atoms with Gasteiger partial charge in [0.05, 0.1) is 17.4 Å². The van der Waals surface area contributed by atoms with Crippen LogP contribution in [0.15, 0.2) is 24.7 Å². The summed E-state index contributed by atoms with van der Waals surface area (Å²) in [6, 6.07) is 2.11. The monoisotopic (exact) mass is 275 g/mol. The van der Waals surface area contributed by atoms with Crippen LogP contribution in [0.3, 0.4) is 0 Å². The first-order valence-electron chi connectivity index (χ1n) is 7.20. The summed E-state index contributed by atoms with van der Waals surface area (Å²) in [5.41, 5.74) is 2.68. The van der Waals surface area contributed by atoms with E-state index in [9.17, 15) is 0 Å². The highest BCUT2D eigenvalue weighted by Gasteiger charge is 2.26. The Morgan fingerprint density at radius 1 is 1.15 bits per heavy atom. The Balaban J connectivity index is 2.39. The molecule has 0 aliphatic carbocycles. The van der Waals surface area contributed by atoms with Gasteiger partial charge in [0.15, 0.2) is 0 Å². The molecule has 2 aromatic rings. The molecule has 0 saturated carbocycles. The second-order valence-corrected chi connectivity index (χ2v) is 7.56. The van der Waals surface area contributed by atoms with Crippen LogP contribution in [-0.4, -0.2) is 14.5 Å². The second-order valence-electron chi connectivity index (χ2n) is 7.56. The standard InChI is InChI=1S/C16H27N4/c1-13-10-18(20(11-13)16(5,6)7)12-19-14(8-9-17-19)15(2,3)4/h8-11H,12H2,1-7H3/q+1. The number of rotatable bonds is 2. The van der Waals surface area contributed by atoms with Crippen LogP contribution in [0.4, 0.5) is 0 Å². The maximum atomic E-state index is 4.49. The van der Waals surface area contributed by atoms with E-state index in [1.54, 1.807) is 0 Å². The summed E-state index contributed by atoms with van der Waals surface area (Å²) >= 11 is 0. The summed E-state index contributed by atoms with van der Waals surface area (Å²) in [6.07, 6.45) is 6.26. The van der Waals surface area contributed by atoms with Gasteiger partial charge in [-0.15, -0.1) is 0 Å². The first kappa shape index (κ1) is 14.8. The van der Waals surface area contributed by atoms with Gasteiger partial charge >= 0.3 is 0 Å². The van der Waals surface area contributed by atoms with Crippen molar-refractivity contribution < 1.29 is 4.68 Å². The van der Waals surface area contributed by atoms with Crippen LogP contribution >= 0.6 is 0 Å². The fraction of sp³-hybridized carbons (Fsp3) is 0.625. The molecule has 0 aliphatic heterocycles. The lowest BCUT2D eigenvalue weighted by Crippen LogP contribution is -2.51. The van der Waals surface area contributed by atoms with Crippen molar-refractivity contribution in [2.24, 2.45) is 0 Å². The summed E-state index contributed by atoms with van der Waals surface area (Å²) < 4.78 is 6.59.